The Morgan fingerprint density at radius 3 is 2.24 bits per heavy atom. The zero-order chi connectivity index (χ0) is 12.6. The van der Waals surface area contributed by atoms with Gasteiger partial charge in [-0.05, 0) is 49.8 Å². The topological polar surface area (TPSA) is 37.4 Å². The van der Waals surface area contributed by atoms with Gasteiger partial charge in [-0.15, -0.1) is 0 Å². The van der Waals surface area contributed by atoms with Crippen LogP contribution in [0, 0.1) is 0 Å². The van der Waals surface area contributed by atoms with Crippen LogP contribution in [0.25, 0.3) is 0 Å². The maximum atomic E-state index is 12.1. The Morgan fingerprint density at radius 1 is 1.12 bits per heavy atom. The highest BCUT2D eigenvalue weighted by molar-refractivity contribution is 7.95. The predicted octanol–water partition coefficient (Wildman–Crippen LogP) is 3.30. The molecule has 1 aliphatic rings. The van der Waals surface area contributed by atoms with E-state index in [0.717, 1.165) is 5.57 Å². The molecule has 1 aliphatic heterocycles. The standard InChI is InChI=1S/C12H12ClNO2S/c1-9-7-10(2)14(17(15,16)8-9)12-5-3-11(13)4-6-12/h3-8H,1-2H3. The molecule has 0 atom stereocenters. The number of halogens is 1. The van der Waals surface area contributed by atoms with Crippen molar-refractivity contribution in [3.8, 4) is 0 Å². The van der Waals surface area contributed by atoms with Crippen molar-refractivity contribution >= 4 is 27.3 Å². The van der Waals surface area contributed by atoms with Gasteiger partial charge in [0.1, 0.15) is 0 Å². The lowest BCUT2D eigenvalue weighted by Crippen LogP contribution is -2.29. The summed E-state index contributed by atoms with van der Waals surface area (Å²) < 4.78 is 25.4. The van der Waals surface area contributed by atoms with Gasteiger partial charge in [-0.1, -0.05) is 11.6 Å². The van der Waals surface area contributed by atoms with Crippen molar-refractivity contribution in [2.45, 2.75) is 13.8 Å². The fourth-order valence-corrected chi connectivity index (χ4v) is 3.48. The normalized spacial score (nSPS) is 18.6. The molecular formula is C12H12ClNO2S. The second-order valence-electron chi connectivity index (χ2n) is 3.93. The number of allylic oxidation sites excluding steroid dienone is 3. The van der Waals surface area contributed by atoms with Crippen LogP contribution in [0.2, 0.25) is 5.02 Å². The van der Waals surface area contributed by atoms with E-state index in [-0.39, 0.29) is 0 Å². The van der Waals surface area contributed by atoms with Gasteiger partial charge in [0.15, 0.2) is 0 Å². The minimum Gasteiger partial charge on any atom is -0.239 e. The van der Waals surface area contributed by atoms with E-state index in [2.05, 4.69) is 0 Å². The van der Waals surface area contributed by atoms with Crippen molar-refractivity contribution in [1.82, 2.24) is 0 Å². The lowest BCUT2D eigenvalue weighted by atomic mass is 10.2. The van der Waals surface area contributed by atoms with E-state index in [4.69, 9.17) is 11.6 Å². The molecule has 0 aliphatic carbocycles. The molecular weight excluding hydrogens is 258 g/mol. The fraction of sp³-hybridized carbons (Fsp3) is 0.167. The van der Waals surface area contributed by atoms with Crippen LogP contribution in [0.1, 0.15) is 13.8 Å². The Bertz CT molecular complexity index is 600. The molecule has 0 bridgehead atoms. The van der Waals surface area contributed by atoms with Gasteiger partial charge < -0.3 is 0 Å². The summed E-state index contributed by atoms with van der Waals surface area (Å²) in [5.41, 5.74) is 1.99. The smallest absolute Gasteiger partial charge is 0.239 e. The van der Waals surface area contributed by atoms with Crippen molar-refractivity contribution in [1.29, 1.82) is 0 Å². The third-order valence-electron chi connectivity index (χ3n) is 2.41. The number of hydrogen-bond donors (Lipinski definition) is 0. The maximum absolute atomic E-state index is 12.1. The quantitative estimate of drug-likeness (QED) is 0.784. The number of nitrogens with zero attached hydrogens (tertiary/aromatic N) is 1. The Hall–Kier alpha value is -1.26. The molecule has 0 N–H and O–H groups in total. The largest absolute Gasteiger partial charge is 0.261 e. The SMILES string of the molecule is CC1=CS(=O)(=O)N(c2ccc(Cl)cc2)C(C)=C1. The van der Waals surface area contributed by atoms with Gasteiger partial charge in [-0.2, -0.15) is 0 Å². The highest BCUT2D eigenvalue weighted by atomic mass is 35.5. The Balaban J connectivity index is 2.53. The number of anilines is 1. The van der Waals surface area contributed by atoms with E-state index in [1.165, 1.54) is 9.71 Å². The van der Waals surface area contributed by atoms with Crippen LogP contribution in [-0.4, -0.2) is 8.42 Å². The maximum Gasteiger partial charge on any atom is 0.261 e. The molecule has 5 heteroatoms. The molecule has 17 heavy (non-hydrogen) atoms. The molecule has 0 unspecified atom stereocenters. The molecule has 0 radical (unpaired) electrons. The first kappa shape index (κ1) is 12.2. The molecule has 0 aromatic heterocycles. The zero-order valence-electron chi connectivity index (χ0n) is 9.51. The second-order valence-corrected chi connectivity index (χ2v) is 6.00. The molecule has 1 aromatic carbocycles. The van der Waals surface area contributed by atoms with Crippen LogP contribution in [0.15, 0.2) is 47.0 Å². The lowest BCUT2D eigenvalue weighted by Gasteiger charge is -2.26. The van der Waals surface area contributed by atoms with Crippen molar-refractivity contribution in [2.24, 2.45) is 0 Å². The van der Waals surface area contributed by atoms with Gasteiger partial charge in [0.05, 0.1) is 11.1 Å². The van der Waals surface area contributed by atoms with Crippen molar-refractivity contribution in [2.75, 3.05) is 4.31 Å². The molecule has 0 saturated heterocycles. The van der Waals surface area contributed by atoms with Crippen LogP contribution in [0.4, 0.5) is 5.69 Å². The zero-order valence-corrected chi connectivity index (χ0v) is 11.1. The van der Waals surface area contributed by atoms with Crippen molar-refractivity contribution in [3.05, 3.63) is 52.0 Å². The van der Waals surface area contributed by atoms with Gasteiger partial charge in [0, 0.05) is 10.7 Å². The fourth-order valence-electron chi connectivity index (χ4n) is 1.84. The third kappa shape index (κ3) is 2.37. The molecule has 0 spiro atoms. The Kier molecular flexibility index (Phi) is 3.02. The summed E-state index contributed by atoms with van der Waals surface area (Å²) >= 11 is 5.79. The van der Waals surface area contributed by atoms with Gasteiger partial charge >= 0.3 is 0 Å². The summed E-state index contributed by atoms with van der Waals surface area (Å²) in [6.45, 7) is 3.53. The predicted molar refractivity (Wildman–Crippen MR) is 70.4 cm³/mol. The van der Waals surface area contributed by atoms with Crippen LogP contribution >= 0.6 is 11.6 Å². The first-order chi connectivity index (χ1) is 7.90. The summed E-state index contributed by atoms with van der Waals surface area (Å²) in [6, 6.07) is 6.72. The summed E-state index contributed by atoms with van der Waals surface area (Å²) in [5.74, 6) is 0. The van der Waals surface area contributed by atoms with Crippen molar-refractivity contribution in [3.63, 3.8) is 0 Å². The summed E-state index contributed by atoms with van der Waals surface area (Å²) in [7, 11) is -3.43. The molecule has 90 valence electrons. The molecule has 0 fully saturated rings. The third-order valence-corrected chi connectivity index (χ3v) is 4.34. The molecule has 3 nitrogen and oxygen atoms in total. The summed E-state index contributed by atoms with van der Waals surface area (Å²) in [5, 5.41) is 1.84. The second kappa shape index (κ2) is 4.20. The molecule has 0 saturated carbocycles. The number of rotatable bonds is 1. The summed E-state index contributed by atoms with van der Waals surface area (Å²) in [4.78, 5) is 0. The van der Waals surface area contributed by atoms with Crippen LogP contribution in [-0.2, 0) is 10.0 Å². The van der Waals surface area contributed by atoms with Crippen LogP contribution < -0.4 is 4.31 Å². The van der Waals surface area contributed by atoms with Gasteiger partial charge in [0.2, 0.25) is 0 Å². The summed E-state index contributed by atoms with van der Waals surface area (Å²) in [6.07, 6.45) is 1.83. The lowest BCUT2D eigenvalue weighted by molar-refractivity contribution is 0.602. The highest BCUT2D eigenvalue weighted by Crippen LogP contribution is 2.29. The van der Waals surface area contributed by atoms with E-state index in [9.17, 15) is 8.42 Å². The minimum atomic E-state index is -3.43. The first-order valence-corrected chi connectivity index (χ1v) is 6.96. The van der Waals surface area contributed by atoms with Gasteiger partial charge in [0.25, 0.3) is 10.0 Å². The molecule has 1 heterocycles. The minimum absolute atomic E-state index is 0.580. The number of sulfonamides is 1. The van der Waals surface area contributed by atoms with Crippen LogP contribution in [0.5, 0.6) is 0 Å². The Labute approximate surface area is 106 Å². The van der Waals surface area contributed by atoms with Gasteiger partial charge in [-0.25, -0.2) is 12.7 Å². The van der Waals surface area contributed by atoms with E-state index in [0.29, 0.717) is 16.4 Å². The van der Waals surface area contributed by atoms with E-state index >= 15 is 0 Å². The first-order valence-electron chi connectivity index (χ1n) is 5.08. The van der Waals surface area contributed by atoms with Gasteiger partial charge in [-0.3, -0.25) is 0 Å². The number of hydrogen-bond acceptors (Lipinski definition) is 2. The van der Waals surface area contributed by atoms with E-state index in [1.807, 2.05) is 6.08 Å². The van der Waals surface area contributed by atoms with Crippen molar-refractivity contribution < 1.29 is 8.42 Å². The molecule has 0 amide bonds. The average Bonchev–Trinajstić information content (AvgIpc) is 2.18. The highest BCUT2D eigenvalue weighted by Gasteiger charge is 2.25. The van der Waals surface area contributed by atoms with E-state index in [1.54, 1.807) is 38.1 Å². The molecule has 2 rings (SSSR count). The van der Waals surface area contributed by atoms with E-state index < -0.39 is 10.0 Å². The van der Waals surface area contributed by atoms with Crippen LogP contribution in [0.3, 0.4) is 0 Å². The molecule has 1 aromatic rings. The monoisotopic (exact) mass is 269 g/mol. The average molecular weight is 270 g/mol. The Morgan fingerprint density at radius 2 is 1.71 bits per heavy atom. The number of benzene rings is 1.